The van der Waals surface area contributed by atoms with Gasteiger partial charge in [0.2, 0.25) is 0 Å². The zero-order valence-electron chi connectivity index (χ0n) is 12.5. The summed E-state index contributed by atoms with van der Waals surface area (Å²) in [7, 11) is 0. The van der Waals surface area contributed by atoms with Crippen LogP contribution in [0.1, 0.15) is 12.5 Å². The van der Waals surface area contributed by atoms with E-state index in [1.165, 1.54) is 0 Å². The van der Waals surface area contributed by atoms with Crippen LogP contribution in [0.25, 0.3) is 22.0 Å². The summed E-state index contributed by atoms with van der Waals surface area (Å²) in [5.41, 5.74) is 3.09. The Kier molecular flexibility index (Phi) is 3.74. The van der Waals surface area contributed by atoms with Crippen LogP contribution >= 0.6 is 0 Å². The number of pyridine rings is 1. The molecule has 22 heavy (non-hydrogen) atoms. The van der Waals surface area contributed by atoms with E-state index < -0.39 is 0 Å². The molecule has 2 amide bonds. The van der Waals surface area contributed by atoms with Crippen molar-refractivity contribution in [1.82, 2.24) is 20.3 Å². The van der Waals surface area contributed by atoms with E-state index in [0.717, 1.165) is 27.6 Å². The maximum atomic E-state index is 11.7. The van der Waals surface area contributed by atoms with Crippen molar-refractivity contribution in [1.29, 1.82) is 0 Å². The van der Waals surface area contributed by atoms with Gasteiger partial charge in [-0.15, -0.1) is 0 Å². The van der Waals surface area contributed by atoms with Gasteiger partial charge in [0, 0.05) is 23.7 Å². The Hall–Kier alpha value is -2.89. The number of anilines is 1. The molecule has 1 aromatic carbocycles. The Balaban J connectivity index is 2.09. The minimum absolute atomic E-state index is 0.259. The number of carbonyl (C=O) groups excluding carboxylic acids is 1. The number of H-pyrrole nitrogens is 1. The van der Waals surface area contributed by atoms with E-state index in [-0.39, 0.29) is 6.03 Å². The molecule has 3 aromatic rings. The third-order valence-corrected chi connectivity index (χ3v) is 3.49. The number of carbonyl (C=O) groups is 1. The fraction of sp³-hybridized carbons (Fsp3) is 0.188. The summed E-state index contributed by atoms with van der Waals surface area (Å²) in [5.74, 6) is 0.518. The number of amides is 2. The third-order valence-electron chi connectivity index (χ3n) is 3.49. The molecule has 2 heterocycles. The number of aryl methyl sites for hydroxylation is 1. The number of benzene rings is 1. The molecule has 0 unspecified atom stereocenters. The SMILES string of the molecule is CCNC(=O)Nc1cc2c(-c3cnc[nH]3)ccc(C)c2cn1. The second-order valence-corrected chi connectivity index (χ2v) is 4.99. The molecular formula is C16H17N5O. The highest BCUT2D eigenvalue weighted by atomic mass is 16.2. The Morgan fingerprint density at radius 3 is 2.86 bits per heavy atom. The molecule has 0 bridgehead atoms. The van der Waals surface area contributed by atoms with Gasteiger partial charge in [0.05, 0.1) is 18.2 Å². The number of imidazole rings is 1. The lowest BCUT2D eigenvalue weighted by Gasteiger charge is -2.10. The molecule has 2 aromatic heterocycles. The van der Waals surface area contributed by atoms with Crippen LogP contribution in [0.3, 0.4) is 0 Å². The second kappa shape index (κ2) is 5.85. The molecule has 0 fully saturated rings. The molecule has 3 N–H and O–H groups in total. The summed E-state index contributed by atoms with van der Waals surface area (Å²) in [5, 5.41) is 7.50. The fourth-order valence-corrected chi connectivity index (χ4v) is 2.41. The zero-order chi connectivity index (χ0) is 15.5. The molecule has 0 atom stereocenters. The largest absolute Gasteiger partial charge is 0.345 e. The van der Waals surface area contributed by atoms with Gasteiger partial charge in [-0.25, -0.2) is 14.8 Å². The first kappa shape index (κ1) is 14.1. The van der Waals surface area contributed by atoms with Crippen LogP contribution in [-0.4, -0.2) is 27.5 Å². The van der Waals surface area contributed by atoms with Crippen LogP contribution < -0.4 is 10.6 Å². The molecule has 0 radical (unpaired) electrons. The Labute approximate surface area is 128 Å². The standard InChI is InChI=1S/C16H17N5O/c1-3-18-16(22)21-15-6-12-11(14-8-17-9-20-14)5-4-10(2)13(12)7-19-15/h4-9H,3H2,1-2H3,(H,17,20)(H2,18,19,21,22). The van der Waals surface area contributed by atoms with Gasteiger partial charge in [0.15, 0.2) is 0 Å². The van der Waals surface area contributed by atoms with E-state index >= 15 is 0 Å². The number of aromatic amines is 1. The van der Waals surface area contributed by atoms with Crippen molar-refractivity contribution < 1.29 is 4.79 Å². The van der Waals surface area contributed by atoms with E-state index in [1.807, 2.05) is 26.0 Å². The van der Waals surface area contributed by atoms with Gasteiger partial charge >= 0.3 is 6.03 Å². The van der Waals surface area contributed by atoms with Gasteiger partial charge in [0.25, 0.3) is 0 Å². The van der Waals surface area contributed by atoms with Gasteiger partial charge < -0.3 is 10.3 Å². The number of hydrogen-bond acceptors (Lipinski definition) is 3. The number of nitrogens with one attached hydrogen (secondary N) is 3. The summed E-state index contributed by atoms with van der Waals surface area (Å²) in [6.07, 6.45) is 5.21. The maximum absolute atomic E-state index is 11.7. The van der Waals surface area contributed by atoms with E-state index in [9.17, 15) is 4.79 Å². The van der Waals surface area contributed by atoms with Crippen LogP contribution in [0.2, 0.25) is 0 Å². The summed E-state index contributed by atoms with van der Waals surface area (Å²) >= 11 is 0. The lowest BCUT2D eigenvalue weighted by atomic mass is 10.0. The second-order valence-electron chi connectivity index (χ2n) is 4.99. The average molecular weight is 295 g/mol. The Bertz CT molecular complexity index is 811. The van der Waals surface area contributed by atoms with Crippen molar-refractivity contribution in [2.45, 2.75) is 13.8 Å². The minimum Gasteiger partial charge on any atom is -0.345 e. The first-order chi connectivity index (χ1) is 10.7. The smallest absolute Gasteiger partial charge is 0.320 e. The van der Waals surface area contributed by atoms with E-state index in [0.29, 0.717) is 12.4 Å². The predicted octanol–water partition coefficient (Wildman–Crippen LogP) is 3.07. The fourth-order valence-electron chi connectivity index (χ4n) is 2.41. The van der Waals surface area contributed by atoms with Crippen molar-refractivity contribution >= 4 is 22.6 Å². The van der Waals surface area contributed by atoms with Crippen molar-refractivity contribution in [3.05, 3.63) is 42.5 Å². The first-order valence-corrected chi connectivity index (χ1v) is 7.12. The van der Waals surface area contributed by atoms with Crippen LogP contribution in [0.15, 0.2) is 36.9 Å². The van der Waals surface area contributed by atoms with Crippen LogP contribution in [0, 0.1) is 6.92 Å². The molecule has 0 aliphatic heterocycles. The van der Waals surface area contributed by atoms with Crippen LogP contribution in [-0.2, 0) is 0 Å². The lowest BCUT2D eigenvalue weighted by molar-refractivity contribution is 0.252. The number of fused-ring (bicyclic) bond motifs is 1. The highest BCUT2D eigenvalue weighted by molar-refractivity contribution is 6.00. The average Bonchev–Trinajstić information content (AvgIpc) is 3.02. The quantitative estimate of drug-likeness (QED) is 0.694. The third kappa shape index (κ3) is 2.63. The lowest BCUT2D eigenvalue weighted by Crippen LogP contribution is -2.28. The van der Waals surface area contributed by atoms with E-state index in [1.54, 1.807) is 18.7 Å². The van der Waals surface area contributed by atoms with Crippen molar-refractivity contribution in [2.24, 2.45) is 0 Å². The maximum Gasteiger partial charge on any atom is 0.320 e. The zero-order valence-corrected chi connectivity index (χ0v) is 12.5. The van der Waals surface area contributed by atoms with Gasteiger partial charge in [0.1, 0.15) is 5.82 Å². The van der Waals surface area contributed by atoms with Crippen molar-refractivity contribution in [2.75, 3.05) is 11.9 Å². The molecule has 0 saturated carbocycles. The number of aromatic nitrogens is 3. The normalized spacial score (nSPS) is 10.6. The van der Waals surface area contributed by atoms with Gasteiger partial charge in [-0.05, 0) is 30.9 Å². The van der Waals surface area contributed by atoms with Gasteiger partial charge in [-0.3, -0.25) is 5.32 Å². The first-order valence-electron chi connectivity index (χ1n) is 7.12. The number of urea groups is 1. The summed E-state index contributed by atoms with van der Waals surface area (Å²) in [4.78, 5) is 23.2. The summed E-state index contributed by atoms with van der Waals surface area (Å²) < 4.78 is 0. The topological polar surface area (TPSA) is 82.7 Å². The Morgan fingerprint density at radius 1 is 1.27 bits per heavy atom. The highest BCUT2D eigenvalue weighted by Gasteiger charge is 2.10. The van der Waals surface area contributed by atoms with Gasteiger partial charge in [-0.1, -0.05) is 12.1 Å². The predicted molar refractivity (Wildman–Crippen MR) is 86.8 cm³/mol. The molecule has 6 nitrogen and oxygen atoms in total. The van der Waals surface area contributed by atoms with Gasteiger partial charge in [-0.2, -0.15) is 0 Å². The molecule has 0 aliphatic rings. The monoisotopic (exact) mass is 295 g/mol. The minimum atomic E-state index is -0.259. The summed E-state index contributed by atoms with van der Waals surface area (Å²) in [6, 6.07) is 5.72. The molecule has 3 rings (SSSR count). The summed E-state index contributed by atoms with van der Waals surface area (Å²) in [6.45, 7) is 4.47. The Morgan fingerprint density at radius 2 is 2.14 bits per heavy atom. The molecule has 112 valence electrons. The number of rotatable bonds is 3. The highest BCUT2D eigenvalue weighted by Crippen LogP contribution is 2.30. The number of hydrogen-bond donors (Lipinski definition) is 3. The molecule has 6 heteroatoms. The molecular weight excluding hydrogens is 278 g/mol. The van der Waals surface area contributed by atoms with Crippen molar-refractivity contribution in [3.63, 3.8) is 0 Å². The van der Waals surface area contributed by atoms with Crippen LogP contribution in [0.5, 0.6) is 0 Å². The van der Waals surface area contributed by atoms with E-state index in [4.69, 9.17) is 0 Å². The molecule has 0 saturated heterocycles. The molecule has 0 aliphatic carbocycles. The molecule has 0 spiro atoms. The number of nitrogens with zero attached hydrogens (tertiary/aromatic N) is 2. The van der Waals surface area contributed by atoms with Crippen LogP contribution in [0.4, 0.5) is 10.6 Å². The van der Waals surface area contributed by atoms with Crippen molar-refractivity contribution in [3.8, 4) is 11.3 Å². The van der Waals surface area contributed by atoms with E-state index in [2.05, 4.69) is 31.7 Å².